The van der Waals surface area contributed by atoms with Gasteiger partial charge in [0.2, 0.25) is 0 Å². The summed E-state index contributed by atoms with van der Waals surface area (Å²) in [6.07, 6.45) is 6.00. The molecule has 3 heterocycles. The molecule has 6 unspecified atom stereocenters. The topological polar surface area (TPSA) is 45.3 Å². The number of anilines is 1. The number of piperazine rings is 1. The maximum Gasteiger partial charge on any atom is 0.310 e. The van der Waals surface area contributed by atoms with Crippen LogP contribution >= 0.6 is 0 Å². The van der Waals surface area contributed by atoms with Crippen molar-refractivity contribution < 1.29 is 14.3 Å². The molecule has 5 aliphatic rings. The highest BCUT2D eigenvalue weighted by Gasteiger charge is 2.65. The van der Waals surface area contributed by atoms with Gasteiger partial charge in [-0.3, -0.25) is 9.69 Å². The molecule has 0 radical (unpaired) electrons. The van der Waals surface area contributed by atoms with E-state index in [0.717, 1.165) is 52.2 Å². The average Bonchev–Trinajstić information content (AvgIpc) is 3.47. The van der Waals surface area contributed by atoms with Crippen LogP contribution in [0.5, 0.6) is 0 Å². The number of epoxide rings is 1. The number of aryl methyl sites for hydroxylation is 2. The summed E-state index contributed by atoms with van der Waals surface area (Å²) in [5.74, 6) is 1.07. The summed E-state index contributed by atoms with van der Waals surface area (Å²) in [6, 6.07) is 6.78. The Morgan fingerprint density at radius 3 is 2.59 bits per heavy atom. The second-order valence-corrected chi connectivity index (χ2v) is 11.7. The quantitative estimate of drug-likeness (QED) is 0.528. The minimum atomic E-state index is 0.0374. The fraction of sp³-hybridized carbons (Fsp3) is 0.741. The van der Waals surface area contributed by atoms with Gasteiger partial charge in [0.05, 0.1) is 18.1 Å². The number of benzene rings is 1. The lowest BCUT2D eigenvalue weighted by atomic mass is 9.53. The van der Waals surface area contributed by atoms with Gasteiger partial charge >= 0.3 is 5.97 Å². The van der Waals surface area contributed by atoms with Crippen LogP contribution in [0, 0.1) is 37.0 Å². The van der Waals surface area contributed by atoms with Crippen molar-refractivity contribution in [3.05, 3.63) is 29.3 Å². The Labute approximate surface area is 192 Å². The van der Waals surface area contributed by atoms with E-state index >= 15 is 0 Å². The number of ether oxygens (including phenoxy) is 2. The van der Waals surface area contributed by atoms with E-state index in [2.05, 4.69) is 48.8 Å². The maximum atomic E-state index is 13.0. The van der Waals surface area contributed by atoms with Gasteiger partial charge in [-0.05, 0) is 80.5 Å². The standard InChI is InChI=1S/C27H38N2O3/c1-18-5-6-20(13-19(18)2)29-11-9-28(10-12-29)16-22-21-14-24-26(3,15-23(21)32-25(22)30)7-4-8-27(24)17-31-27/h5-6,13,21-24H,4,7-12,14-17H2,1-3H3. The second-order valence-electron chi connectivity index (χ2n) is 11.7. The van der Waals surface area contributed by atoms with Crippen LogP contribution in [0.4, 0.5) is 5.69 Å². The van der Waals surface area contributed by atoms with E-state index in [0.29, 0.717) is 11.8 Å². The van der Waals surface area contributed by atoms with Crippen LogP contribution in [0.3, 0.4) is 0 Å². The van der Waals surface area contributed by atoms with Gasteiger partial charge in [0.15, 0.2) is 0 Å². The Morgan fingerprint density at radius 1 is 1.09 bits per heavy atom. The van der Waals surface area contributed by atoms with E-state index < -0.39 is 0 Å². The van der Waals surface area contributed by atoms with Crippen molar-refractivity contribution in [2.75, 3.05) is 44.2 Å². The molecule has 1 spiro atoms. The predicted molar refractivity (Wildman–Crippen MR) is 125 cm³/mol. The third-order valence-corrected chi connectivity index (χ3v) is 9.76. The van der Waals surface area contributed by atoms with Gasteiger partial charge in [-0.2, -0.15) is 0 Å². The Kier molecular flexibility index (Phi) is 4.89. The minimum absolute atomic E-state index is 0.0374. The highest BCUT2D eigenvalue weighted by atomic mass is 16.6. The van der Waals surface area contributed by atoms with Gasteiger partial charge < -0.3 is 14.4 Å². The Morgan fingerprint density at radius 2 is 1.88 bits per heavy atom. The Balaban J connectivity index is 1.11. The molecular formula is C27H38N2O3. The number of rotatable bonds is 3. The van der Waals surface area contributed by atoms with Gasteiger partial charge in [0.1, 0.15) is 6.10 Å². The van der Waals surface area contributed by atoms with Crippen molar-refractivity contribution in [3.8, 4) is 0 Å². The molecule has 1 aromatic carbocycles. The van der Waals surface area contributed by atoms with Crippen molar-refractivity contribution >= 4 is 11.7 Å². The Hall–Kier alpha value is -1.59. The first kappa shape index (κ1) is 21.0. The molecule has 6 atom stereocenters. The molecule has 2 aliphatic carbocycles. The number of carbonyl (C=O) groups is 1. The van der Waals surface area contributed by atoms with Crippen LogP contribution in [0.2, 0.25) is 0 Å². The van der Waals surface area contributed by atoms with Crippen LogP contribution in [-0.4, -0.2) is 61.9 Å². The SMILES string of the molecule is Cc1ccc(N2CCN(CC3C(=O)OC4CC5(C)CCCC6(CO6)C5CC43)CC2)cc1C. The van der Waals surface area contributed by atoms with Crippen LogP contribution in [0.15, 0.2) is 18.2 Å². The largest absolute Gasteiger partial charge is 0.462 e. The summed E-state index contributed by atoms with van der Waals surface area (Å²) in [6.45, 7) is 12.7. The fourth-order valence-electron chi connectivity index (χ4n) is 7.55. The summed E-state index contributed by atoms with van der Waals surface area (Å²) in [5.41, 5.74) is 4.44. The molecule has 5 fully saturated rings. The molecule has 0 aromatic heterocycles. The van der Waals surface area contributed by atoms with E-state index in [4.69, 9.17) is 9.47 Å². The average molecular weight is 439 g/mol. The number of carbonyl (C=O) groups excluding carboxylic acids is 1. The lowest BCUT2D eigenvalue weighted by Gasteiger charge is -2.51. The third kappa shape index (κ3) is 3.38. The first-order valence-electron chi connectivity index (χ1n) is 12.8. The van der Waals surface area contributed by atoms with E-state index in [1.54, 1.807) is 0 Å². The zero-order chi connectivity index (χ0) is 22.1. The lowest BCUT2D eigenvalue weighted by molar-refractivity contribution is -0.147. The van der Waals surface area contributed by atoms with E-state index in [1.165, 1.54) is 36.1 Å². The molecule has 6 rings (SSSR count). The second kappa shape index (κ2) is 7.46. The molecule has 3 aliphatic heterocycles. The van der Waals surface area contributed by atoms with E-state index in [1.807, 2.05) is 0 Å². The van der Waals surface area contributed by atoms with Crippen molar-refractivity contribution in [3.63, 3.8) is 0 Å². The third-order valence-electron chi connectivity index (χ3n) is 9.76. The lowest BCUT2D eigenvalue weighted by Crippen LogP contribution is -2.52. The van der Waals surface area contributed by atoms with Crippen LogP contribution in [0.1, 0.15) is 50.2 Å². The zero-order valence-electron chi connectivity index (χ0n) is 19.9. The fourth-order valence-corrected chi connectivity index (χ4v) is 7.55. The first-order chi connectivity index (χ1) is 15.4. The molecule has 5 heteroatoms. The van der Waals surface area contributed by atoms with Crippen LogP contribution in [-0.2, 0) is 14.3 Å². The zero-order valence-corrected chi connectivity index (χ0v) is 19.9. The van der Waals surface area contributed by atoms with Crippen molar-refractivity contribution in [2.24, 2.45) is 23.2 Å². The maximum absolute atomic E-state index is 13.0. The summed E-state index contributed by atoms with van der Waals surface area (Å²) < 4.78 is 12.1. The summed E-state index contributed by atoms with van der Waals surface area (Å²) in [4.78, 5) is 18.0. The monoisotopic (exact) mass is 438 g/mol. The number of nitrogens with zero attached hydrogens (tertiary/aromatic N) is 2. The molecule has 1 aromatic rings. The predicted octanol–water partition coefficient (Wildman–Crippen LogP) is 3.95. The van der Waals surface area contributed by atoms with Gasteiger partial charge in [-0.25, -0.2) is 0 Å². The van der Waals surface area contributed by atoms with Crippen LogP contribution in [0.25, 0.3) is 0 Å². The number of fused-ring (bicyclic) bond motifs is 3. The normalized spacial score (nSPS) is 41.3. The first-order valence-corrected chi connectivity index (χ1v) is 12.8. The highest BCUT2D eigenvalue weighted by Crippen LogP contribution is 2.62. The van der Waals surface area contributed by atoms with Crippen molar-refractivity contribution in [2.45, 2.75) is 64.6 Å². The Bertz CT molecular complexity index is 904. The molecule has 0 amide bonds. The minimum Gasteiger partial charge on any atom is -0.462 e. The van der Waals surface area contributed by atoms with E-state index in [-0.39, 0.29) is 29.0 Å². The number of hydrogen-bond acceptors (Lipinski definition) is 5. The molecule has 5 nitrogen and oxygen atoms in total. The molecule has 2 saturated carbocycles. The summed E-state index contributed by atoms with van der Waals surface area (Å²) in [7, 11) is 0. The van der Waals surface area contributed by atoms with Gasteiger partial charge in [-0.15, -0.1) is 0 Å². The molecule has 32 heavy (non-hydrogen) atoms. The van der Waals surface area contributed by atoms with Crippen LogP contribution < -0.4 is 4.90 Å². The molecule has 174 valence electrons. The van der Waals surface area contributed by atoms with Crippen molar-refractivity contribution in [1.82, 2.24) is 4.90 Å². The van der Waals surface area contributed by atoms with Crippen molar-refractivity contribution in [1.29, 1.82) is 0 Å². The smallest absolute Gasteiger partial charge is 0.310 e. The van der Waals surface area contributed by atoms with Gasteiger partial charge in [0.25, 0.3) is 0 Å². The van der Waals surface area contributed by atoms with Gasteiger partial charge in [-0.1, -0.05) is 13.0 Å². The summed E-state index contributed by atoms with van der Waals surface area (Å²) in [5, 5.41) is 0. The molecular weight excluding hydrogens is 400 g/mol. The summed E-state index contributed by atoms with van der Waals surface area (Å²) >= 11 is 0. The van der Waals surface area contributed by atoms with E-state index in [9.17, 15) is 4.79 Å². The molecule has 0 N–H and O–H groups in total. The number of esters is 1. The van der Waals surface area contributed by atoms with Gasteiger partial charge in [0, 0.05) is 44.3 Å². The molecule has 3 saturated heterocycles. The number of hydrogen-bond donors (Lipinski definition) is 0. The highest BCUT2D eigenvalue weighted by molar-refractivity contribution is 5.75. The molecule has 0 bridgehead atoms.